The smallest absolute Gasteiger partial charge is 0.253 e. The van der Waals surface area contributed by atoms with Gasteiger partial charge in [0.05, 0.1) is 32.1 Å². The van der Waals surface area contributed by atoms with Crippen LogP contribution >= 0.6 is 0 Å². The SMILES string of the molecule is CCOc1cc2c(cc1OC)C(c1ccc(C(=O)N(CC)CCOC)cc1)=N[C@@H]1CCN(C)C[C@H]21. The maximum Gasteiger partial charge on any atom is 0.253 e. The Hall–Kier alpha value is -2.90. The molecule has 0 bridgehead atoms. The van der Waals surface area contributed by atoms with Crippen LogP contribution in [0.3, 0.4) is 0 Å². The van der Waals surface area contributed by atoms with E-state index in [2.05, 4.69) is 24.1 Å². The van der Waals surface area contributed by atoms with Crippen LogP contribution in [0.5, 0.6) is 11.5 Å². The second-order valence-corrected chi connectivity index (χ2v) is 9.18. The second kappa shape index (κ2) is 11.2. The van der Waals surface area contributed by atoms with E-state index < -0.39 is 0 Å². The van der Waals surface area contributed by atoms with Crippen LogP contribution in [0.15, 0.2) is 41.4 Å². The lowest BCUT2D eigenvalue weighted by Gasteiger charge is -2.39. The minimum atomic E-state index is 0.0143. The number of rotatable bonds is 9. The zero-order valence-electron chi connectivity index (χ0n) is 21.5. The van der Waals surface area contributed by atoms with Gasteiger partial charge in [0.15, 0.2) is 11.5 Å². The molecule has 0 aliphatic carbocycles. The summed E-state index contributed by atoms with van der Waals surface area (Å²) in [5.74, 6) is 1.82. The predicted molar refractivity (Wildman–Crippen MR) is 138 cm³/mol. The number of likely N-dealkylation sites (N-methyl/N-ethyl adjacent to an activating group) is 2. The summed E-state index contributed by atoms with van der Waals surface area (Å²) in [4.78, 5) is 22.4. The number of piperidine rings is 1. The monoisotopic (exact) mass is 479 g/mol. The summed E-state index contributed by atoms with van der Waals surface area (Å²) in [6.07, 6.45) is 1.02. The van der Waals surface area contributed by atoms with Gasteiger partial charge in [0.25, 0.3) is 5.91 Å². The van der Waals surface area contributed by atoms with Crippen molar-refractivity contribution in [1.82, 2.24) is 9.80 Å². The minimum Gasteiger partial charge on any atom is -0.493 e. The Morgan fingerprint density at radius 3 is 2.57 bits per heavy atom. The summed E-state index contributed by atoms with van der Waals surface area (Å²) in [6.45, 7) is 8.29. The fourth-order valence-electron chi connectivity index (χ4n) is 5.10. The molecule has 7 heteroatoms. The van der Waals surface area contributed by atoms with Gasteiger partial charge in [-0.3, -0.25) is 9.79 Å². The van der Waals surface area contributed by atoms with Crippen molar-refractivity contribution in [2.75, 3.05) is 60.7 Å². The molecule has 2 atom stereocenters. The molecular weight excluding hydrogens is 442 g/mol. The second-order valence-electron chi connectivity index (χ2n) is 9.18. The number of carbonyl (C=O) groups excluding carboxylic acids is 1. The van der Waals surface area contributed by atoms with Crippen LogP contribution in [0.25, 0.3) is 0 Å². The standard InChI is InChI=1S/C28H37N3O4/c1-6-31(14-15-33-4)28(32)20-10-8-19(9-11-20)27-22-17-25(34-5)26(35-7-2)16-21(22)23-18-30(3)13-12-24(23)29-27/h8-11,16-17,23-24H,6-7,12-15,18H2,1-5H3/t23-,24-/m1/s1. The van der Waals surface area contributed by atoms with E-state index in [-0.39, 0.29) is 11.9 Å². The van der Waals surface area contributed by atoms with Crippen molar-refractivity contribution in [2.24, 2.45) is 4.99 Å². The van der Waals surface area contributed by atoms with Crippen molar-refractivity contribution in [2.45, 2.75) is 32.2 Å². The predicted octanol–water partition coefficient (Wildman–Crippen LogP) is 3.84. The van der Waals surface area contributed by atoms with Crippen molar-refractivity contribution < 1.29 is 19.0 Å². The van der Waals surface area contributed by atoms with Gasteiger partial charge in [-0.25, -0.2) is 0 Å². The largest absolute Gasteiger partial charge is 0.493 e. The molecule has 0 radical (unpaired) electrons. The third-order valence-corrected chi connectivity index (χ3v) is 7.00. The molecule has 35 heavy (non-hydrogen) atoms. The van der Waals surface area contributed by atoms with Crippen LogP contribution < -0.4 is 9.47 Å². The molecule has 1 fully saturated rings. The van der Waals surface area contributed by atoms with Crippen molar-refractivity contribution in [3.8, 4) is 11.5 Å². The van der Waals surface area contributed by atoms with Crippen LogP contribution in [0.1, 0.15) is 53.2 Å². The lowest BCUT2D eigenvalue weighted by atomic mass is 9.79. The van der Waals surface area contributed by atoms with Crippen LogP contribution in [0.4, 0.5) is 0 Å². The van der Waals surface area contributed by atoms with E-state index >= 15 is 0 Å². The van der Waals surface area contributed by atoms with E-state index in [9.17, 15) is 4.79 Å². The summed E-state index contributed by atoms with van der Waals surface area (Å²) in [7, 11) is 5.49. The van der Waals surface area contributed by atoms with Crippen molar-refractivity contribution >= 4 is 11.6 Å². The first-order chi connectivity index (χ1) is 17.0. The van der Waals surface area contributed by atoms with Gasteiger partial charge in [0.1, 0.15) is 0 Å². The number of hydrogen-bond acceptors (Lipinski definition) is 6. The van der Waals surface area contributed by atoms with E-state index in [1.54, 1.807) is 19.1 Å². The quantitative estimate of drug-likeness (QED) is 0.547. The molecular formula is C28H37N3O4. The number of methoxy groups -OCH3 is 2. The van der Waals surface area contributed by atoms with Gasteiger partial charge in [-0.05, 0) is 63.7 Å². The number of carbonyl (C=O) groups is 1. The van der Waals surface area contributed by atoms with E-state index in [0.717, 1.165) is 42.1 Å². The minimum absolute atomic E-state index is 0.0143. The summed E-state index contributed by atoms with van der Waals surface area (Å²) in [5.41, 5.74) is 4.97. The Balaban J connectivity index is 1.71. The van der Waals surface area contributed by atoms with Gasteiger partial charge in [0, 0.05) is 49.4 Å². The summed E-state index contributed by atoms with van der Waals surface area (Å²) in [6, 6.07) is 12.3. The molecule has 7 nitrogen and oxygen atoms in total. The molecule has 0 spiro atoms. The molecule has 0 unspecified atom stereocenters. The Labute approximate surface area is 208 Å². The Kier molecular flexibility index (Phi) is 8.08. The molecule has 188 valence electrons. The van der Waals surface area contributed by atoms with Gasteiger partial charge in [-0.15, -0.1) is 0 Å². The highest BCUT2D eigenvalue weighted by molar-refractivity contribution is 6.15. The normalized spacial score (nSPS) is 19.4. The van der Waals surface area contributed by atoms with E-state index in [0.29, 0.717) is 43.5 Å². The molecule has 0 aromatic heterocycles. The molecule has 2 aromatic rings. The first-order valence-electron chi connectivity index (χ1n) is 12.5. The topological polar surface area (TPSA) is 63.6 Å². The number of nitrogens with zero attached hydrogens (tertiary/aromatic N) is 3. The molecule has 2 heterocycles. The Morgan fingerprint density at radius 1 is 1.14 bits per heavy atom. The van der Waals surface area contributed by atoms with E-state index in [1.807, 2.05) is 38.1 Å². The molecule has 0 saturated carbocycles. The van der Waals surface area contributed by atoms with Crippen molar-refractivity contribution in [1.29, 1.82) is 0 Å². The molecule has 2 aromatic carbocycles. The van der Waals surface area contributed by atoms with Crippen LogP contribution in [-0.4, -0.2) is 88.1 Å². The van der Waals surface area contributed by atoms with Gasteiger partial charge in [0.2, 0.25) is 0 Å². The molecule has 2 aliphatic heterocycles. The summed E-state index contributed by atoms with van der Waals surface area (Å²) >= 11 is 0. The number of amides is 1. The molecule has 1 amide bonds. The maximum absolute atomic E-state index is 13.0. The van der Waals surface area contributed by atoms with E-state index in [1.165, 1.54) is 5.56 Å². The summed E-state index contributed by atoms with van der Waals surface area (Å²) in [5, 5.41) is 0. The number of ether oxygens (including phenoxy) is 3. The average molecular weight is 480 g/mol. The molecule has 2 aliphatic rings. The van der Waals surface area contributed by atoms with Gasteiger partial charge >= 0.3 is 0 Å². The van der Waals surface area contributed by atoms with Crippen LogP contribution in [0.2, 0.25) is 0 Å². The fourth-order valence-corrected chi connectivity index (χ4v) is 5.10. The molecule has 4 rings (SSSR count). The average Bonchev–Trinajstić information content (AvgIpc) is 2.88. The fraction of sp³-hybridized carbons (Fsp3) is 0.500. The van der Waals surface area contributed by atoms with Gasteiger partial charge in [-0.2, -0.15) is 0 Å². The van der Waals surface area contributed by atoms with Crippen molar-refractivity contribution in [3.05, 3.63) is 58.7 Å². The van der Waals surface area contributed by atoms with E-state index in [4.69, 9.17) is 19.2 Å². The van der Waals surface area contributed by atoms with Gasteiger partial charge in [-0.1, -0.05) is 12.1 Å². The lowest BCUT2D eigenvalue weighted by molar-refractivity contribution is 0.0706. The first-order valence-corrected chi connectivity index (χ1v) is 12.5. The van der Waals surface area contributed by atoms with Crippen molar-refractivity contribution in [3.63, 3.8) is 0 Å². The van der Waals surface area contributed by atoms with Crippen LogP contribution in [0, 0.1) is 0 Å². The number of benzene rings is 2. The third kappa shape index (κ3) is 5.21. The highest BCUT2D eigenvalue weighted by Crippen LogP contribution is 2.42. The Bertz CT molecular complexity index is 1070. The molecule has 1 saturated heterocycles. The highest BCUT2D eigenvalue weighted by atomic mass is 16.5. The first kappa shape index (κ1) is 25.2. The summed E-state index contributed by atoms with van der Waals surface area (Å²) < 4.78 is 16.7. The highest BCUT2D eigenvalue weighted by Gasteiger charge is 2.36. The Morgan fingerprint density at radius 2 is 1.91 bits per heavy atom. The van der Waals surface area contributed by atoms with Crippen LogP contribution in [-0.2, 0) is 4.74 Å². The number of aliphatic imine (C=N–C) groups is 1. The third-order valence-electron chi connectivity index (χ3n) is 7.00. The lowest BCUT2D eigenvalue weighted by Crippen LogP contribution is -2.41. The maximum atomic E-state index is 13.0. The zero-order chi connectivity index (χ0) is 24.9. The number of hydrogen-bond donors (Lipinski definition) is 0. The molecule has 0 N–H and O–H groups in total. The number of fused-ring (bicyclic) bond motifs is 3. The number of likely N-dealkylation sites (tertiary alicyclic amines) is 1. The zero-order valence-corrected chi connectivity index (χ0v) is 21.5. The van der Waals surface area contributed by atoms with Gasteiger partial charge < -0.3 is 24.0 Å².